The third-order valence-corrected chi connectivity index (χ3v) is 10.1. The molecule has 0 saturated heterocycles. The molecule has 200 valence electrons. The Bertz CT molecular complexity index is 1690. The number of urea groups is 1. The Morgan fingerprint density at radius 3 is 2.70 bits per heavy atom. The molecule has 2 amide bonds. The van der Waals surface area contributed by atoms with Crippen molar-refractivity contribution in [1.82, 2.24) is 4.57 Å². The highest BCUT2D eigenvalue weighted by Crippen LogP contribution is 2.43. The number of benzene rings is 3. The number of nitrogens with zero attached hydrogens (tertiary/aromatic N) is 2. The van der Waals surface area contributed by atoms with Crippen LogP contribution in [0.4, 0.5) is 16.2 Å². The van der Waals surface area contributed by atoms with E-state index in [0.29, 0.717) is 11.4 Å². The number of rotatable bonds is 4. The fraction of sp³-hybridized carbons (Fsp3) is 0.212. The van der Waals surface area contributed by atoms with E-state index in [4.69, 9.17) is 0 Å². The molecule has 2 atom stereocenters. The molecule has 0 radical (unpaired) electrons. The summed E-state index contributed by atoms with van der Waals surface area (Å²) in [7, 11) is 0. The lowest BCUT2D eigenvalue weighted by Gasteiger charge is -2.40. The predicted molar refractivity (Wildman–Crippen MR) is 166 cm³/mol. The summed E-state index contributed by atoms with van der Waals surface area (Å²) in [4.78, 5) is 31.1. The molecule has 0 bridgehead atoms. The molecule has 0 spiro atoms. The van der Waals surface area contributed by atoms with Crippen molar-refractivity contribution in [2.45, 2.75) is 46.8 Å². The van der Waals surface area contributed by atoms with E-state index < -0.39 is 0 Å². The highest BCUT2D eigenvalue weighted by molar-refractivity contribution is 8.00. The van der Waals surface area contributed by atoms with E-state index in [-0.39, 0.29) is 23.2 Å². The van der Waals surface area contributed by atoms with Gasteiger partial charge in [0.15, 0.2) is 0 Å². The van der Waals surface area contributed by atoms with Gasteiger partial charge in [0.25, 0.3) is 0 Å². The lowest BCUT2D eigenvalue weighted by molar-refractivity contribution is 0.0943. The first kappa shape index (κ1) is 25.3. The number of hydrogen-bond acceptors (Lipinski definition) is 4. The van der Waals surface area contributed by atoms with Crippen molar-refractivity contribution in [3.8, 4) is 0 Å². The second-order valence-electron chi connectivity index (χ2n) is 10.3. The number of aryl methyl sites for hydroxylation is 1. The molecule has 3 aromatic carbocycles. The topological polar surface area (TPSA) is 54.3 Å². The highest BCUT2D eigenvalue weighted by Gasteiger charge is 2.36. The summed E-state index contributed by atoms with van der Waals surface area (Å²) in [5.74, 6) is 0.435. The molecule has 1 aliphatic heterocycles. The zero-order chi connectivity index (χ0) is 27.1. The molecule has 7 heteroatoms. The lowest BCUT2D eigenvalue weighted by atomic mass is 9.96. The summed E-state index contributed by atoms with van der Waals surface area (Å²) in [5, 5.41) is 4.51. The van der Waals surface area contributed by atoms with Gasteiger partial charge in [-0.05, 0) is 67.6 Å². The summed E-state index contributed by atoms with van der Waals surface area (Å²) in [6, 6.07) is 23.9. The number of fused-ring (bicyclic) bond motifs is 5. The van der Waals surface area contributed by atoms with Gasteiger partial charge in [0, 0.05) is 26.6 Å². The predicted octanol–water partition coefficient (Wildman–Crippen LogP) is 7.96. The summed E-state index contributed by atoms with van der Waals surface area (Å²) in [6.07, 6.45) is 12.6. The normalized spacial score (nSPS) is 19.1. The summed E-state index contributed by atoms with van der Waals surface area (Å²) in [6.45, 7) is 0. The Kier molecular flexibility index (Phi) is 6.77. The third-order valence-electron chi connectivity index (χ3n) is 7.84. The van der Waals surface area contributed by atoms with Crippen LogP contribution in [0.3, 0.4) is 0 Å². The standard InChI is InChI=1S/C33H29N3O2S2/c37-32(35-26-14-3-1-12-24(26)25-13-2-4-15-27(25)35)21-39-23-11-9-10-22(20-23)34-33(38)36-28-16-5-7-18-30(28)40-31-19-8-6-17-29(31)36/h1,3,5-12,14,16-20,28,30H,2,4,13,15,21H2,(H,34,38). The first-order valence-corrected chi connectivity index (χ1v) is 15.6. The molecule has 40 heavy (non-hydrogen) atoms. The van der Waals surface area contributed by atoms with Gasteiger partial charge in [0.1, 0.15) is 0 Å². The maximum Gasteiger partial charge on any atom is 0.326 e. The van der Waals surface area contributed by atoms with Gasteiger partial charge in [-0.2, -0.15) is 0 Å². The highest BCUT2D eigenvalue weighted by atomic mass is 32.2. The minimum Gasteiger partial charge on any atom is -0.307 e. The first-order valence-electron chi connectivity index (χ1n) is 13.8. The maximum atomic E-state index is 13.7. The van der Waals surface area contributed by atoms with Crippen molar-refractivity contribution in [3.63, 3.8) is 0 Å². The minimum atomic E-state index is -0.161. The summed E-state index contributed by atoms with van der Waals surface area (Å²) >= 11 is 3.30. The molecular formula is C33H29N3O2S2. The smallest absolute Gasteiger partial charge is 0.307 e. The fourth-order valence-corrected chi connectivity index (χ4v) is 8.13. The average molecular weight is 564 g/mol. The van der Waals surface area contributed by atoms with Crippen LogP contribution in [0.25, 0.3) is 10.9 Å². The van der Waals surface area contributed by atoms with Crippen molar-refractivity contribution in [2.75, 3.05) is 16.0 Å². The molecule has 1 N–H and O–H groups in total. The monoisotopic (exact) mass is 563 g/mol. The van der Waals surface area contributed by atoms with Gasteiger partial charge in [0.2, 0.25) is 5.91 Å². The van der Waals surface area contributed by atoms with Crippen LogP contribution < -0.4 is 10.2 Å². The van der Waals surface area contributed by atoms with Gasteiger partial charge < -0.3 is 5.32 Å². The van der Waals surface area contributed by atoms with E-state index >= 15 is 0 Å². The van der Waals surface area contributed by atoms with E-state index in [1.807, 2.05) is 70.1 Å². The Hall–Kier alpha value is -3.68. The number of thioether (sulfide) groups is 2. The zero-order valence-corrected chi connectivity index (χ0v) is 23.6. The van der Waals surface area contributed by atoms with Gasteiger partial charge in [-0.1, -0.05) is 60.7 Å². The van der Waals surface area contributed by atoms with Crippen molar-refractivity contribution in [3.05, 3.63) is 108 Å². The number of anilines is 2. The summed E-state index contributed by atoms with van der Waals surface area (Å²) in [5.41, 5.74) is 5.18. The molecule has 0 fully saturated rings. The number of hydrogen-bond donors (Lipinski definition) is 1. The van der Waals surface area contributed by atoms with Crippen LogP contribution in [-0.2, 0) is 12.8 Å². The zero-order valence-electron chi connectivity index (χ0n) is 22.0. The molecule has 3 aliphatic rings. The molecule has 5 nitrogen and oxygen atoms in total. The Balaban J connectivity index is 1.09. The Labute approximate surface area is 242 Å². The SMILES string of the molecule is O=C(Nc1cccc(SCC(=O)n2c3c(c4ccccc42)CCCC3)c1)N1c2ccccc2SC2C=CC=CC21. The van der Waals surface area contributed by atoms with E-state index in [1.165, 1.54) is 34.8 Å². The van der Waals surface area contributed by atoms with Crippen LogP contribution >= 0.6 is 23.5 Å². The minimum absolute atomic E-state index is 0.0533. The van der Waals surface area contributed by atoms with Gasteiger partial charge in [0.05, 0.1) is 28.2 Å². The molecule has 0 saturated carbocycles. The summed E-state index contributed by atoms with van der Waals surface area (Å²) < 4.78 is 1.96. The van der Waals surface area contributed by atoms with Gasteiger partial charge >= 0.3 is 6.03 Å². The second-order valence-corrected chi connectivity index (χ2v) is 12.6. The van der Waals surface area contributed by atoms with Gasteiger partial charge in [-0.3, -0.25) is 14.3 Å². The van der Waals surface area contributed by atoms with Crippen molar-refractivity contribution in [1.29, 1.82) is 0 Å². The van der Waals surface area contributed by atoms with Crippen LogP contribution in [0.2, 0.25) is 0 Å². The number of allylic oxidation sites excluding steroid dienone is 2. The number of carbonyl (C=O) groups excluding carboxylic acids is 2. The quantitative estimate of drug-likeness (QED) is 0.256. The largest absolute Gasteiger partial charge is 0.326 e. The lowest BCUT2D eigenvalue weighted by Crippen LogP contribution is -2.49. The number of nitrogens with one attached hydrogen (secondary N) is 1. The fourth-order valence-electron chi connectivity index (χ4n) is 6.06. The van der Waals surface area contributed by atoms with E-state index in [0.717, 1.165) is 40.3 Å². The van der Waals surface area contributed by atoms with Gasteiger partial charge in [-0.15, -0.1) is 23.5 Å². The van der Waals surface area contributed by atoms with Crippen LogP contribution in [0.15, 0.2) is 107 Å². The number of carbonyl (C=O) groups is 2. The van der Waals surface area contributed by atoms with E-state index in [1.54, 1.807) is 11.8 Å². The molecule has 7 rings (SSSR count). The number of aromatic nitrogens is 1. The molecule has 2 aliphatic carbocycles. The second kappa shape index (κ2) is 10.7. The van der Waals surface area contributed by atoms with Crippen molar-refractivity contribution < 1.29 is 9.59 Å². The molecule has 2 unspecified atom stereocenters. The third kappa shape index (κ3) is 4.57. The first-order chi connectivity index (χ1) is 19.7. The maximum absolute atomic E-state index is 13.7. The van der Waals surface area contributed by atoms with E-state index in [2.05, 4.69) is 41.7 Å². The van der Waals surface area contributed by atoms with E-state index in [9.17, 15) is 9.59 Å². The number of amides is 2. The van der Waals surface area contributed by atoms with Crippen LogP contribution in [0.1, 0.15) is 28.9 Å². The van der Waals surface area contributed by atoms with Crippen LogP contribution in [0.5, 0.6) is 0 Å². The average Bonchev–Trinajstić information content (AvgIpc) is 3.33. The molecule has 1 aromatic heterocycles. The van der Waals surface area contributed by atoms with Crippen LogP contribution in [0, 0.1) is 0 Å². The molecule has 4 aromatic rings. The van der Waals surface area contributed by atoms with Crippen molar-refractivity contribution in [2.24, 2.45) is 0 Å². The van der Waals surface area contributed by atoms with Crippen LogP contribution in [-0.4, -0.2) is 33.6 Å². The number of para-hydroxylation sites is 2. The van der Waals surface area contributed by atoms with Gasteiger partial charge in [-0.25, -0.2) is 4.79 Å². The molecular weight excluding hydrogens is 535 g/mol. The molecule has 2 heterocycles. The Morgan fingerprint density at radius 2 is 1.75 bits per heavy atom. The Morgan fingerprint density at radius 1 is 0.925 bits per heavy atom. The van der Waals surface area contributed by atoms with Crippen molar-refractivity contribution >= 4 is 57.7 Å².